The minimum Gasteiger partial charge on any atom is -0.0533 e. The van der Waals surface area contributed by atoms with Crippen LogP contribution in [-0.2, 0) is 0 Å². The third kappa shape index (κ3) is 10.0. The van der Waals surface area contributed by atoms with Gasteiger partial charge in [0.25, 0.3) is 0 Å². The summed E-state index contributed by atoms with van der Waals surface area (Å²) in [4.78, 5) is 0. The average molecular weight is 152 g/mol. The van der Waals surface area contributed by atoms with E-state index in [2.05, 4.69) is 0 Å². The lowest BCUT2D eigenvalue weighted by Crippen LogP contribution is -1.79. The molecule has 0 aromatic carbocycles. The van der Waals surface area contributed by atoms with Crippen LogP contribution >= 0.6 is 0 Å². The molecule has 0 N–H and O–H groups in total. The molecule has 0 spiro atoms. The first-order valence-corrected chi connectivity index (χ1v) is 4.82. The summed E-state index contributed by atoms with van der Waals surface area (Å²) >= 11 is 0. The molecule has 11 heavy (non-hydrogen) atoms. The van der Waals surface area contributed by atoms with Crippen LogP contribution in [0.3, 0.4) is 0 Å². The molecule has 0 atom stereocenters. The third-order valence-corrected chi connectivity index (χ3v) is 1.91. The summed E-state index contributed by atoms with van der Waals surface area (Å²) in [5, 5.41) is 0. The molecule has 0 saturated heterocycles. The molecule has 0 aliphatic heterocycles. The lowest BCUT2D eigenvalue weighted by atomic mass is 10.1. The van der Waals surface area contributed by atoms with E-state index in [1.165, 1.54) is 44.9 Å². The molecule has 0 rings (SSSR count). The summed E-state index contributed by atoms with van der Waals surface area (Å²) in [5.41, 5.74) is 0. The summed E-state index contributed by atoms with van der Waals surface area (Å²) in [6.07, 6.45) is 10.8. The van der Waals surface area contributed by atoms with Crippen molar-refractivity contribution in [2.45, 2.75) is 57.8 Å². The summed E-state index contributed by atoms with van der Waals surface area (Å²) in [6.45, 7) is 10.7. The molecule has 0 unspecified atom stereocenters. The van der Waals surface area contributed by atoms with Crippen molar-refractivity contribution in [3.63, 3.8) is 0 Å². The van der Waals surface area contributed by atoms with Gasteiger partial charge in [-0.15, -0.1) is 0 Å². The van der Waals surface area contributed by atoms with Gasteiger partial charge in [-0.25, -0.2) is 0 Å². The van der Waals surface area contributed by atoms with Crippen molar-refractivity contribution in [1.82, 2.24) is 0 Å². The zero-order valence-electron chi connectivity index (χ0n) is 7.52. The first-order valence-electron chi connectivity index (χ1n) is 4.82. The van der Waals surface area contributed by atoms with Gasteiger partial charge in [0.2, 0.25) is 0 Å². The molecular weight excluding hydrogens is 132 g/mol. The molecule has 64 valence electrons. The Morgan fingerprint density at radius 3 is 1.00 bits per heavy atom. The first-order chi connectivity index (χ1) is 5.41. The van der Waals surface area contributed by atoms with Gasteiger partial charge >= 0.3 is 0 Å². The zero-order chi connectivity index (χ0) is 8.36. The maximum Gasteiger partial charge on any atom is -0.0352 e. The Kier molecular flexibility index (Phi) is 10.0. The predicted molar refractivity (Wildman–Crippen MR) is 50.2 cm³/mol. The predicted octanol–water partition coefficient (Wildman–Crippen LogP) is 3.92. The average Bonchev–Trinajstić information content (AvgIpc) is 2.03. The van der Waals surface area contributed by atoms with E-state index in [1.807, 2.05) is 0 Å². The fourth-order valence-electron chi connectivity index (χ4n) is 1.17. The van der Waals surface area contributed by atoms with Gasteiger partial charge in [0, 0.05) is 0 Å². The number of rotatable bonds is 8. The van der Waals surface area contributed by atoms with E-state index in [0.717, 1.165) is 12.8 Å². The van der Waals surface area contributed by atoms with Gasteiger partial charge in [0.05, 0.1) is 0 Å². The fraction of sp³-hybridized carbons (Fsp3) is 0.818. The Hall–Kier alpha value is 0. The van der Waals surface area contributed by atoms with Crippen molar-refractivity contribution in [2.75, 3.05) is 0 Å². The van der Waals surface area contributed by atoms with Crippen LogP contribution in [0.25, 0.3) is 0 Å². The molecule has 0 nitrogen and oxygen atoms in total. The summed E-state index contributed by atoms with van der Waals surface area (Å²) in [5.74, 6) is 0. The van der Waals surface area contributed by atoms with E-state index in [1.54, 1.807) is 0 Å². The zero-order valence-corrected chi connectivity index (χ0v) is 7.52. The molecule has 0 heteroatoms. The van der Waals surface area contributed by atoms with Crippen LogP contribution in [0.4, 0.5) is 0 Å². The van der Waals surface area contributed by atoms with Crippen LogP contribution in [0.5, 0.6) is 0 Å². The normalized spacial score (nSPS) is 10.4. The van der Waals surface area contributed by atoms with E-state index < -0.39 is 0 Å². The largest absolute Gasteiger partial charge is 0.0533 e. The standard InChI is InChI=1S/C11H20/c1-3-5-7-9-11-10-8-6-4-2/h1-2H,3-11H2. The SMILES string of the molecule is [CH]CCCCCCCCC[CH]. The molecule has 0 amide bonds. The Bertz CT molecular complexity index is 49.1. The molecule has 4 radical (unpaired) electrons. The van der Waals surface area contributed by atoms with Crippen molar-refractivity contribution >= 4 is 0 Å². The third-order valence-electron chi connectivity index (χ3n) is 1.91. The number of unbranched alkanes of at least 4 members (excludes halogenated alkanes) is 8. The smallest absolute Gasteiger partial charge is 0.0352 e. The van der Waals surface area contributed by atoms with Crippen molar-refractivity contribution in [3.8, 4) is 0 Å². The van der Waals surface area contributed by atoms with Crippen molar-refractivity contribution in [3.05, 3.63) is 13.8 Å². The summed E-state index contributed by atoms with van der Waals surface area (Å²) in [6, 6.07) is 0. The Labute approximate surface area is 72.4 Å². The Morgan fingerprint density at radius 1 is 0.455 bits per heavy atom. The van der Waals surface area contributed by atoms with Gasteiger partial charge in [-0.05, 0) is 26.7 Å². The highest BCUT2D eigenvalue weighted by molar-refractivity contribution is 4.48. The highest BCUT2D eigenvalue weighted by Crippen LogP contribution is 2.08. The van der Waals surface area contributed by atoms with E-state index >= 15 is 0 Å². The minimum absolute atomic E-state index is 0.850. The van der Waals surface area contributed by atoms with Crippen LogP contribution in [-0.4, -0.2) is 0 Å². The van der Waals surface area contributed by atoms with Gasteiger partial charge in [-0.2, -0.15) is 0 Å². The second kappa shape index (κ2) is 10.0. The molecule has 0 aliphatic rings. The minimum atomic E-state index is 0.850. The molecule has 0 aromatic heterocycles. The Morgan fingerprint density at radius 2 is 0.727 bits per heavy atom. The van der Waals surface area contributed by atoms with E-state index in [-0.39, 0.29) is 0 Å². The fourth-order valence-corrected chi connectivity index (χ4v) is 1.17. The molecule has 0 bridgehead atoms. The van der Waals surface area contributed by atoms with Gasteiger partial charge < -0.3 is 0 Å². The molecule has 0 fully saturated rings. The molecule has 0 heterocycles. The molecule has 0 aromatic rings. The topological polar surface area (TPSA) is 0 Å². The molecule has 0 saturated carbocycles. The lowest BCUT2D eigenvalue weighted by Gasteiger charge is -1.98. The van der Waals surface area contributed by atoms with Crippen LogP contribution in [0, 0.1) is 13.8 Å². The van der Waals surface area contributed by atoms with E-state index in [9.17, 15) is 0 Å². The van der Waals surface area contributed by atoms with Crippen molar-refractivity contribution in [1.29, 1.82) is 0 Å². The van der Waals surface area contributed by atoms with Gasteiger partial charge in [0.15, 0.2) is 0 Å². The maximum absolute atomic E-state index is 5.37. The second-order valence-electron chi connectivity index (χ2n) is 3.05. The number of hydrogen-bond donors (Lipinski definition) is 0. The van der Waals surface area contributed by atoms with Crippen LogP contribution in [0.15, 0.2) is 0 Å². The van der Waals surface area contributed by atoms with Crippen molar-refractivity contribution < 1.29 is 0 Å². The van der Waals surface area contributed by atoms with Crippen molar-refractivity contribution in [2.24, 2.45) is 0 Å². The maximum atomic E-state index is 5.37. The second-order valence-corrected chi connectivity index (χ2v) is 3.05. The highest BCUT2D eigenvalue weighted by atomic mass is 13.9. The van der Waals surface area contributed by atoms with Crippen LogP contribution in [0.2, 0.25) is 0 Å². The van der Waals surface area contributed by atoms with Crippen LogP contribution < -0.4 is 0 Å². The van der Waals surface area contributed by atoms with Crippen LogP contribution in [0.1, 0.15) is 57.8 Å². The highest BCUT2D eigenvalue weighted by Gasteiger charge is 1.89. The molecular formula is C11H20. The van der Waals surface area contributed by atoms with Gasteiger partial charge in [-0.1, -0.05) is 44.9 Å². The summed E-state index contributed by atoms with van der Waals surface area (Å²) < 4.78 is 0. The molecule has 0 aliphatic carbocycles. The first kappa shape index (κ1) is 11.0. The monoisotopic (exact) mass is 152 g/mol. The van der Waals surface area contributed by atoms with E-state index in [4.69, 9.17) is 13.8 Å². The quantitative estimate of drug-likeness (QED) is 0.462. The van der Waals surface area contributed by atoms with Gasteiger partial charge in [0.1, 0.15) is 0 Å². The number of hydrogen-bond acceptors (Lipinski definition) is 0. The summed E-state index contributed by atoms with van der Waals surface area (Å²) in [7, 11) is 0. The van der Waals surface area contributed by atoms with Gasteiger partial charge in [-0.3, -0.25) is 0 Å². The lowest BCUT2D eigenvalue weighted by molar-refractivity contribution is 0.583. The Balaban J connectivity index is 2.69. The van der Waals surface area contributed by atoms with E-state index in [0.29, 0.717) is 0 Å².